The van der Waals surface area contributed by atoms with Gasteiger partial charge < -0.3 is 20.5 Å². The summed E-state index contributed by atoms with van der Waals surface area (Å²) >= 11 is 7.35. The number of nitrogens with zero attached hydrogens (tertiary/aromatic N) is 3. The fraction of sp³-hybridized carbons (Fsp3) is 0.222. The molecule has 1 aliphatic rings. The number of benzene rings is 2. The van der Waals surface area contributed by atoms with Crippen LogP contribution in [-0.2, 0) is 0 Å². The van der Waals surface area contributed by atoms with Crippen molar-refractivity contribution in [2.75, 3.05) is 18.4 Å². The van der Waals surface area contributed by atoms with Gasteiger partial charge in [-0.15, -0.1) is 11.3 Å². The number of carbonyl (C=O) groups excluding carboxylic acids is 3. The van der Waals surface area contributed by atoms with E-state index < -0.39 is 11.8 Å². The normalized spacial score (nSPS) is 13.9. The van der Waals surface area contributed by atoms with Crippen LogP contribution in [0.2, 0.25) is 5.02 Å². The van der Waals surface area contributed by atoms with E-state index in [1.807, 2.05) is 35.2 Å². The molecule has 3 heterocycles. The number of amides is 3. The molecule has 1 fully saturated rings. The number of halogens is 1. The molecule has 0 aliphatic carbocycles. The maximum Gasteiger partial charge on any atom is 0.275 e. The number of rotatable bonds is 6. The van der Waals surface area contributed by atoms with E-state index >= 15 is 0 Å². The van der Waals surface area contributed by atoms with Crippen LogP contribution in [0.1, 0.15) is 60.7 Å². The van der Waals surface area contributed by atoms with E-state index in [2.05, 4.69) is 15.5 Å². The van der Waals surface area contributed by atoms with Crippen molar-refractivity contribution in [2.45, 2.75) is 25.7 Å². The Kier molecular flexibility index (Phi) is 7.26. The number of nitrogens with one attached hydrogen (secondary N) is 1. The SMILES string of the molecule is Cc1onc(-c2ccccc2)c1C(=O)N1CCC(c2nc(C(=O)Nc3ccc(Cl)cc3C(N)=O)cs2)CC1. The number of thiazole rings is 1. The second kappa shape index (κ2) is 10.8. The molecule has 0 radical (unpaired) electrons. The first-order valence-electron chi connectivity index (χ1n) is 12.0. The molecule has 9 nitrogen and oxygen atoms in total. The third kappa shape index (κ3) is 5.18. The lowest BCUT2D eigenvalue weighted by atomic mass is 9.96. The Morgan fingerprint density at radius 1 is 1.13 bits per heavy atom. The Hall–Kier alpha value is -4.02. The topological polar surface area (TPSA) is 131 Å². The van der Waals surface area contributed by atoms with Gasteiger partial charge in [-0.2, -0.15) is 0 Å². The summed E-state index contributed by atoms with van der Waals surface area (Å²) in [5, 5.41) is 9.69. The van der Waals surface area contributed by atoms with Gasteiger partial charge in [-0.1, -0.05) is 47.1 Å². The maximum absolute atomic E-state index is 13.4. The Balaban J connectivity index is 1.24. The zero-order valence-corrected chi connectivity index (χ0v) is 22.0. The summed E-state index contributed by atoms with van der Waals surface area (Å²) in [4.78, 5) is 44.3. The molecule has 4 aromatic rings. The molecule has 11 heteroatoms. The average Bonchev–Trinajstić information content (AvgIpc) is 3.57. The van der Waals surface area contributed by atoms with Crippen LogP contribution < -0.4 is 11.1 Å². The summed E-state index contributed by atoms with van der Waals surface area (Å²) in [5.41, 5.74) is 7.92. The minimum atomic E-state index is -0.694. The predicted octanol–water partition coefficient (Wildman–Crippen LogP) is 5.13. The number of nitrogens with two attached hydrogens (primary N) is 1. The van der Waals surface area contributed by atoms with Crippen LogP contribution in [0, 0.1) is 6.92 Å². The summed E-state index contributed by atoms with van der Waals surface area (Å²) in [5.74, 6) is -0.624. The van der Waals surface area contributed by atoms with Crippen LogP contribution in [0.5, 0.6) is 0 Å². The summed E-state index contributed by atoms with van der Waals surface area (Å²) in [7, 11) is 0. The third-order valence-electron chi connectivity index (χ3n) is 6.51. The Bertz CT molecular complexity index is 1510. The molecule has 38 heavy (non-hydrogen) atoms. The van der Waals surface area contributed by atoms with Gasteiger partial charge in [-0.3, -0.25) is 14.4 Å². The van der Waals surface area contributed by atoms with Gasteiger partial charge in [0.15, 0.2) is 0 Å². The monoisotopic (exact) mass is 549 g/mol. The highest BCUT2D eigenvalue weighted by atomic mass is 35.5. The van der Waals surface area contributed by atoms with Crippen molar-refractivity contribution in [2.24, 2.45) is 5.73 Å². The Labute approximate surface area is 227 Å². The molecule has 5 rings (SSSR count). The lowest BCUT2D eigenvalue weighted by molar-refractivity contribution is 0.0711. The molecular formula is C27H24ClN5O4S. The molecule has 3 amide bonds. The number of likely N-dealkylation sites (tertiary alicyclic amines) is 1. The highest BCUT2D eigenvalue weighted by molar-refractivity contribution is 7.10. The maximum atomic E-state index is 13.4. The fourth-order valence-corrected chi connectivity index (χ4v) is 5.64. The van der Waals surface area contributed by atoms with Crippen molar-refractivity contribution in [1.29, 1.82) is 0 Å². The highest BCUT2D eigenvalue weighted by Crippen LogP contribution is 2.33. The van der Waals surface area contributed by atoms with Gasteiger partial charge >= 0.3 is 0 Å². The highest BCUT2D eigenvalue weighted by Gasteiger charge is 2.31. The minimum absolute atomic E-state index is 0.103. The van der Waals surface area contributed by atoms with Gasteiger partial charge in [0.05, 0.1) is 16.3 Å². The summed E-state index contributed by atoms with van der Waals surface area (Å²) in [6, 6.07) is 14.0. The largest absolute Gasteiger partial charge is 0.366 e. The predicted molar refractivity (Wildman–Crippen MR) is 145 cm³/mol. The molecule has 0 saturated carbocycles. The lowest BCUT2D eigenvalue weighted by Crippen LogP contribution is -2.38. The van der Waals surface area contributed by atoms with Gasteiger partial charge in [0.2, 0.25) is 0 Å². The molecule has 0 bridgehead atoms. The number of primary amides is 1. The number of hydrogen-bond donors (Lipinski definition) is 2. The van der Waals surface area contributed by atoms with Crippen molar-refractivity contribution >= 4 is 46.3 Å². The van der Waals surface area contributed by atoms with Crippen LogP contribution in [0.15, 0.2) is 58.4 Å². The number of aryl methyl sites for hydroxylation is 1. The third-order valence-corrected chi connectivity index (χ3v) is 7.75. The quantitative estimate of drug-likeness (QED) is 0.342. The molecule has 194 valence electrons. The first kappa shape index (κ1) is 25.6. The molecule has 2 aromatic carbocycles. The Morgan fingerprint density at radius 2 is 1.87 bits per heavy atom. The van der Waals surface area contributed by atoms with E-state index in [4.69, 9.17) is 21.9 Å². The van der Waals surface area contributed by atoms with Crippen LogP contribution in [0.25, 0.3) is 11.3 Å². The zero-order valence-electron chi connectivity index (χ0n) is 20.4. The molecule has 2 aromatic heterocycles. The number of hydrogen-bond acceptors (Lipinski definition) is 7. The molecule has 1 saturated heterocycles. The smallest absolute Gasteiger partial charge is 0.275 e. The number of carbonyl (C=O) groups is 3. The van der Waals surface area contributed by atoms with E-state index in [0.29, 0.717) is 48.0 Å². The van der Waals surface area contributed by atoms with Crippen molar-refractivity contribution in [3.05, 3.63) is 86.5 Å². The first-order chi connectivity index (χ1) is 18.3. The molecule has 1 aliphatic heterocycles. The van der Waals surface area contributed by atoms with E-state index in [0.717, 1.165) is 10.6 Å². The van der Waals surface area contributed by atoms with E-state index in [-0.39, 0.29) is 28.8 Å². The van der Waals surface area contributed by atoms with Crippen LogP contribution in [-0.4, -0.2) is 45.9 Å². The van der Waals surface area contributed by atoms with Gasteiger partial charge in [-0.25, -0.2) is 4.98 Å². The molecule has 0 unspecified atom stereocenters. The van der Waals surface area contributed by atoms with Gasteiger partial charge in [-0.05, 0) is 38.0 Å². The molecule has 0 spiro atoms. The second-order valence-electron chi connectivity index (χ2n) is 8.97. The van der Waals surface area contributed by atoms with Crippen LogP contribution >= 0.6 is 22.9 Å². The van der Waals surface area contributed by atoms with Crippen molar-refractivity contribution in [1.82, 2.24) is 15.0 Å². The van der Waals surface area contributed by atoms with E-state index in [9.17, 15) is 14.4 Å². The average molecular weight is 550 g/mol. The summed E-state index contributed by atoms with van der Waals surface area (Å²) in [6.07, 6.45) is 1.43. The van der Waals surface area contributed by atoms with Gasteiger partial charge in [0.1, 0.15) is 22.7 Å². The van der Waals surface area contributed by atoms with E-state index in [1.165, 1.54) is 23.5 Å². The molecule has 0 atom stereocenters. The minimum Gasteiger partial charge on any atom is -0.366 e. The van der Waals surface area contributed by atoms with Crippen LogP contribution in [0.3, 0.4) is 0 Å². The zero-order chi connectivity index (χ0) is 26.8. The first-order valence-corrected chi connectivity index (χ1v) is 13.2. The fourth-order valence-electron chi connectivity index (χ4n) is 4.50. The van der Waals surface area contributed by atoms with Crippen LogP contribution in [0.4, 0.5) is 5.69 Å². The lowest BCUT2D eigenvalue weighted by Gasteiger charge is -2.31. The van der Waals surface area contributed by atoms with Crippen molar-refractivity contribution < 1.29 is 18.9 Å². The second-order valence-corrected chi connectivity index (χ2v) is 10.3. The van der Waals surface area contributed by atoms with Crippen molar-refractivity contribution in [3.63, 3.8) is 0 Å². The summed E-state index contributed by atoms with van der Waals surface area (Å²) < 4.78 is 5.37. The van der Waals surface area contributed by atoms with Crippen molar-refractivity contribution in [3.8, 4) is 11.3 Å². The number of anilines is 1. The van der Waals surface area contributed by atoms with E-state index in [1.54, 1.807) is 18.4 Å². The number of aromatic nitrogens is 2. The molecular weight excluding hydrogens is 526 g/mol. The van der Waals surface area contributed by atoms with Gasteiger partial charge in [0, 0.05) is 35.0 Å². The standard InChI is InChI=1S/C27H24ClN5O4S/c1-15-22(23(32-37-15)16-5-3-2-4-6-16)27(36)33-11-9-17(10-12-33)26-31-21(14-38-26)25(35)30-20-8-7-18(28)13-19(20)24(29)34/h2-8,13-14,17H,9-12H2,1H3,(H2,29,34)(H,30,35). The van der Waals surface area contributed by atoms with Gasteiger partial charge in [0.25, 0.3) is 17.7 Å². The molecule has 3 N–H and O–H groups in total. The Morgan fingerprint density at radius 3 is 2.58 bits per heavy atom. The summed E-state index contributed by atoms with van der Waals surface area (Å²) in [6.45, 7) is 2.85. The number of piperidine rings is 1.